The van der Waals surface area contributed by atoms with Crippen molar-refractivity contribution in [3.05, 3.63) is 53.8 Å². The Labute approximate surface area is 92.3 Å². The summed E-state index contributed by atoms with van der Waals surface area (Å²) in [7, 11) is 0. The molecule has 0 saturated heterocycles. The van der Waals surface area contributed by atoms with Crippen molar-refractivity contribution in [1.82, 2.24) is 0 Å². The Balaban J connectivity index is 2.86. The second-order valence-corrected chi connectivity index (χ2v) is 3.94. The van der Waals surface area contributed by atoms with Crippen LogP contribution in [0, 0.1) is 17.3 Å². The van der Waals surface area contributed by atoms with E-state index in [1.165, 1.54) is 0 Å². The smallest absolute Gasteiger partial charge is 0.0514 e. The molecule has 0 aliphatic heterocycles. The Morgan fingerprint density at radius 2 is 1.80 bits per heavy atom. The van der Waals surface area contributed by atoms with Gasteiger partial charge in [0.15, 0.2) is 0 Å². The van der Waals surface area contributed by atoms with Gasteiger partial charge in [-0.15, -0.1) is 5.73 Å². The molecule has 0 amide bonds. The maximum Gasteiger partial charge on any atom is 0.0514 e. The van der Waals surface area contributed by atoms with Gasteiger partial charge < -0.3 is 0 Å². The molecule has 76 valence electrons. The van der Waals surface area contributed by atoms with Gasteiger partial charge in [0.05, 0.1) is 5.41 Å². The Kier molecular flexibility index (Phi) is 3.98. The van der Waals surface area contributed by atoms with Gasteiger partial charge in [0, 0.05) is 5.56 Å². The zero-order valence-electron chi connectivity index (χ0n) is 9.54. The molecule has 0 atom stereocenters. The zero-order chi connectivity index (χ0) is 11.1. The van der Waals surface area contributed by atoms with E-state index in [4.69, 9.17) is 0 Å². The van der Waals surface area contributed by atoms with Crippen molar-refractivity contribution in [1.29, 1.82) is 0 Å². The second kappa shape index (κ2) is 5.25. The third-order valence-corrected chi connectivity index (χ3v) is 1.91. The largest absolute Gasteiger partial charge is 0.128 e. The third-order valence-electron chi connectivity index (χ3n) is 1.91. The number of hydrogen-bond donors (Lipinski definition) is 0. The van der Waals surface area contributed by atoms with Crippen LogP contribution in [-0.4, -0.2) is 0 Å². The van der Waals surface area contributed by atoms with E-state index in [0.29, 0.717) is 0 Å². The highest BCUT2D eigenvalue weighted by atomic mass is 14.1. The third kappa shape index (κ3) is 4.36. The van der Waals surface area contributed by atoms with Gasteiger partial charge in [-0.1, -0.05) is 30.0 Å². The molecule has 0 aromatic heterocycles. The molecule has 0 spiro atoms. The lowest BCUT2D eigenvalue weighted by atomic mass is 9.94. The van der Waals surface area contributed by atoms with Gasteiger partial charge in [0.2, 0.25) is 0 Å². The molecule has 0 aliphatic rings. The van der Waals surface area contributed by atoms with Crippen LogP contribution in [0.5, 0.6) is 0 Å². The summed E-state index contributed by atoms with van der Waals surface area (Å²) in [4.78, 5) is 0. The highest BCUT2D eigenvalue weighted by molar-refractivity contribution is 5.36. The van der Waals surface area contributed by atoms with Crippen LogP contribution in [0.2, 0.25) is 0 Å². The van der Waals surface area contributed by atoms with E-state index in [1.807, 2.05) is 49.4 Å². The predicted molar refractivity (Wildman–Crippen MR) is 65.4 cm³/mol. The number of rotatable bonds is 1. The van der Waals surface area contributed by atoms with Crippen LogP contribution >= 0.6 is 0 Å². The van der Waals surface area contributed by atoms with Crippen LogP contribution in [0.3, 0.4) is 0 Å². The Hall–Kier alpha value is -1.70. The summed E-state index contributed by atoms with van der Waals surface area (Å²) in [5.74, 6) is 6.38. The molecular weight excluding hydrogens is 180 g/mol. The molecule has 0 saturated carbocycles. The first-order chi connectivity index (χ1) is 7.14. The minimum Gasteiger partial charge on any atom is -0.128 e. The molecule has 1 rings (SSSR count). The topological polar surface area (TPSA) is 0 Å². The van der Waals surface area contributed by atoms with Crippen molar-refractivity contribution in [3.63, 3.8) is 0 Å². The fourth-order valence-corrected chi connectivity index (χ4v) is 1.08. The molecule has 0 heteroatoms. The molecule has 1 aromatic carbocycles. The Morgan fingerprint density at radius 1 is 1.13 bits per heavy atom. The monoisotopic (exact) mass is 196 g/mol. The lowest BCUT2D eigenvalue weighted by Crippen LogP contribution is -2.02. The first-order valence-electron chi connectivity index (χ1n) is 5.10. The van der Waals surface area contributed by atoms with Crippen molar-refractivity contribution in [2.24, 2.45) is 5.41 Å². The summed E-state index contributed by atoms with van der Waals surface area (Å²) in [6.07, 6.45) is 3.88. The molecule has 1 aromatic rings. The van der Waals surface area contributed by atoms with Crippen LogP contribution in [0.15, 0.2) is 48.2 Å². The summed E-state index contributed by atoms with van der Waals surface area (Å²) in [6.45, 7) is 6.12. The molecule has 0 N–H and O–H groups in total. The maximum absolute atomic E-state index is 3.22. The maximum atomic E-state index is 3.22. The molecule has 15 heavy (non-hydrogen) atoms. The van der Waals surface area contributed by atoms with E-state index >= 15 is 0 Å². The summed E-state index contributed by atoms with van der Waals surface area (Å²) in [6, 6.07) is 10.0. The van der Waals surface area contributed by atoms with Gasteiger partial charge in [0.25, 0.3) is 0 Å². The van der Waals surface area contributed by atoms with Crippen LogP contribution in [0.1, 0.15) is 26.3 Å². The normalized spacial score (nSPS) is 9.53. The minimum absolute atomic E-state index is 0.123. The zero-order valence-corrected chi connectivity index (χ0v) is 9.54. The first kappa shape index (κ1) is 11.4. The molecule has 0 heterocycles. The van der Waals surface area contributed by atoms with E-state index in [-0.39, 0.29) is 5.41 Å². The van der Waals surface area contributed by atoms with E-state index in [9.17, 15) is 0 Å². The summed E-state index contributed by atoms with van der Waals surface area (Å²) in [5.41, 5.74) is 4.00. The quantitative estimate of drug-likeness (QED) is 0.473. The van der Waals surface area contributed by atoms with Crippen molar-refractivity contribution in [3.8, 4) is 11.8 Å². The average molecular weight is 196 g/mol. The van der Waals surface area contributed by atoms with E-state index < -0.39 is 0 Å². The van der Waals surface area contributed by atoms with E-state index in [2.05, 4.69) is 31.4 Å². The summed E-state index contributed by atoms with van der Waals surface area (Å²) < 4.78 is 0. The summed E-state index contributed by atoms with van der Waals surface area (Å²) in [5, 5.41) is 0. The van der Waals surface area contributed by atoms with Gasteiger partial charge in [-0.25, -0.2) is 0 Å². The lowest BCUT2D eigenvalue weighted by Gasteiger charge is -2.08. The van der Waals surface area contributed by atoms with Crippen LogP contribution in [0.4, 0.5) is 0 Å². The molecule has 0 radical (unpaired) electrons. The molecular formula is C15H16. The minimum atomic E-state index is -0.123. The van der Waals surface area contributed by atoms with Gasteiger partial charge in [-0.3, -0.25) is 0 Å². The van der Waals surface area contributed by atoms with E-state index in [0.717, 1.165) is 5.56 Å². The van der Waals surface area contributed by atoms with Gasteiger partial charge >= 0.3 is 0 Å². The van der Waals surface area contributed by atoms with Crippen LogP contribution < -0.4 is 0 Å². The molecule has 0 fully saturated rings. The number of hydrogen-bond acceptors (Lipinski definition) is 0. The number of allylic oxidation sites excluding steroid dienone is 1. The molecule has 0 nitrogen and oxygen atoms in total. The highest BCUT2D eigenvalue weighted by Crippen LogP contribution is 2.14. The fraction of sp³-hybridized carbons (Fsp3) is 0.267. The SMILES string of the molecule is CC=C=CC(C)(C)C#Cc1ccccc1. The van der Waals surface area contributed by atoms with Gasteiger partial charge in [-0.2, -0.15) is 0 Å². The standard InChI is InChI=1S/C15H16/c1-4-5-12-15(2,3)13-11-14-9-7-6-8-10-14/h4,6-10,12H,1-3H3. The average Bonchev–Trinajstić information content (AvgIpc) is 2.25. The van der Waals surface area contributed by atoms with Crippen LogP contribution in [0.25, 0.3) is 0 Å². The predicted octanol–water partition coefficient (Wildman–Crippen LogP) is 3.80. The van der Waals surface area contributed by atoms with Crippen molar-refractivity contribution < 1.29 is 0 Å². The summed E-state index contributed by atoms with van der Waals surface area (Å²) >= 11 is 0. The molecule has 0 bridgehead atoms. The highest BCUT2D eigenvalue weighted by Gasteiger charge is 2.07. The van der Waals surface area contributed by atoms with Crippen molar-refractivity contribution in [2.45, 2.75) is 20.8 Å². The van der Waals surface area contributed by atoms with Crippen molar-refractivity contribution in [2.75, 3.05) is 0 Å². The van der Waals surface area contributed by atoms with Gasteiger partial charge in [-0.05, 0) is 45.1 Å². The Morgan fingerprint density at radius 3 is 2.40 bits per heavy atom. The van der Waals surface area contributed by atoms with Crippen LogP contribution in [-0.2, 0) is 0 Å². The second-order valence-electron chi connectivity index (χ2n) is 3.94. The van der Waals surface area contributed by atoms with E-state index in [1.54, 1.807) is 0 Å². The Bertz CT molecular complexity index is 418. The van der Waals surface area contributed by atoms with Crippen molar-refractivity contribution >= 4 is 0 Å². The molecule has 0 aliphatic carbocycles. The van der Waals surface area contributed by atoms with Gasteiger partial charge in [0.1, 0.15) is 0 Å². The first-order valence-corrected chi connectivity index (χ1v) is 5.10. The number of benzene rings is 1. The fourth-order valence-electron chi connectivity index (χ4n) is 1.08. The lowest BCUT2D eigenvalue weighted by molar-refractivity contribution is 0.656. The molecule has 0 unspecified atom stereocenters.